The number of nitrogens with one attached hydrogen (secondary N) is 1. The molecule has 0 aliphatic heterocycles. The minimum absolute atomic E-state index is 0.544. The second-order valence-electron chi connectivity index (χ2n) is 3.79. The van der Waals surface area contributed by atoms with Crippen LogP contribution >= 0.6 is 11.8 Å². The number of amides is 1. The molecule has 0 atom stereocenters. The van der Waals surface area contributed by atoms with E-state index in [0.29, 0.717) is 17.8 Å². The fraction of sp³-hybridized carbons (Fsp3) is 0.0714. The number of hydrogen-bond acceptors (Lipinski definition) is 4. The molecule has 98 valence electrons. The van der Waals surface area contributed by atoms with Gasteiger partial charge in [-0.3, -0.25) is 4.79 Å². The Morgan fingerprint density at radius 3 is 2.74 bits per heavy atom. The van der Waals surface area contributed by atoms with Crippen molar-refractivity contribution in [1.82, 2.24) is 0 Å². The molecule has 0 aromatic heterocycles. The van der Waals surface area contributed by atoms with Crippen molar-refractivity contribution in [3.05, 3.63) is 42.5 Å². The molecule has 2 rings (SSSR count). The van der Waals surface area contributed by atoms with Crippen molar-refractivity contribution in [3.63, 3.8) is 0 Å². The van der Waals surface area contributed by atoms with Gasteiger partial charge in [0.15, 0.2) is 0 Å². The standard InChI is InChI=1S/C14H14N2O2S/c1-18-10-3-2-4-11(7-10)19-12-5-6-13(15)14(8-12)16-9-17/h2-9H,15H2,1H3,(H,16,17). The van der Waals surface area contributed by atoms with E-state index in [9.17, 15) is 4.79 Å². The summed E-state index contributed by atoms with van der Waals surface area (Å²) in [6.07, 6.45) is 0.617. The van der Waals surface area contributed by atoms with Gasteiger partial charge in [-0.05, 0) is 36.4 Å². The number of nitrogens with two attached hydrogens (primary N) is 1. The lowest BCUT2D eigenvalue weighted by Crippen LogP contribution is -1.98. The van der Waals surface area contributed by atoms with Gasteiger partial charge in [-0.15, -0.1) is 0 Å². The Hall–Kier alpha value is -2.14. The maximum atomic E-state index is 10.5. The van der Waals surface area contributed by atoms with Crippen LogP contribution in [0.25, 0.3) is 0 Å². The van der Waals surface area contributed by atoms with Crippen molar-refractivity contribution < 1.29 is 9.53 Å². The number of carbonyl (C=O) groups excluding carboxylic acids is 1. The van der Waals surface area contributed by atoms with Crippen molar-refractivity contribution in [2.75, 3.05) is 18.2 Å². The van der Waals surface area contributed by atoms with E-state index in [2.05, 4.69) is 5.32 Å². The van der Waals surface area contributed by atoms with Gasteiger partial charge in [0.1, 0.15) is 5.75 Å². The van der Waals surface area contributed by atoms with Crippen molar-refractivity contribution in [2.45, 2.75) is 9.79 Å². The van der Waals surface area contributed by atoms with Gasteiger partial charge in [0, 0.05) is 9.79 Å². The van der Waals surface area contributed by atoms with Gasteiger partial charge in [0.25, 0.3) is 0 Å². The van der Waals surface area contributed by atoms with E-state index in [1.807, 2.05) is 36.4 Å². The second kappa shape index (κ2) is 6.15. The summed E-state index contributed by atoms with van der Waals surface area (Å²) in [4.78, 5) is 12.5. The summed E-state index contributed by atoms with van der Waals surface area (Å²) in [6, 6.07) is 13.3. The molecule has 5 heteroatoms. The maximum absolute atomic E-state index is 10.5. The zero-order valence-electron chi connectivity index (χ0n) is 10.4. The van der Waals surface area contributed by atoms with Crippen LogP contribution in [0.15, 0.2) is 52.3 Å². The molecule has 0 aliphatic carbocycles. The Balaban J connectivity index is 2.22. The molecule has 4 nitrogen and oxygen atoms in total. The maximum Gasteiger partial charge on any atom is 0.211 e. The number of anilines is 2. The SMILES string of the molecule is COc1cccc(Sc2ccc(N)c(NC=O)c2)c1. The highest BCUT2D eigenvalue weighted by molar-refractivity contribution is 7.99. The summed E-state index contributed by atoms with van der Waals surface area (Å²) in [5.74, 6) is 0.812. The first kappa shape index (κ1) is 13.3. The van der Waals surface area contributed by atoms with Gasteiger partial charge in [0.05, 0.1) is 18.5 Å². The molecule has 0 fully saturated rings. The van der Waals surface area contributed by atoms with Crippen molar-refractivity contribution in [1.29, 1.82) is 0 Å². The lowest BCUT2D eigenvalue weighted by molar-refractivity contribution is -0.105. The van der Waals surface area contributed by atoms with Crippen molar-refractivity contribution >= 4 is 29.5 Å². The van der Waals surface area contributed by atoms with E-state index in [1.54, 1.807) is 24.9 Å². The highest BCUT2D eigenvalue weighted by Gasteiger charge is 2.03. The molecule has 0 bridgehead atoms. The lowest BCUT2D eigenvalue weighted by atomic mass is 10.3. The van der Waals surface area contributed by atoms with Crippen LogP contribution in [0.4, 0.5) is 11.4 Å². The van der Waals surface area contributed by atoms with E-state index < -0.39 is 0 Å². The molecule has 2 aromatic rings. The summed E-state index contributed by atoms with van der Waals surface area (Å²) in [5, 5.41) is 2.58. The van der Waals surface area contributed by atoms with E-state index in [-0.39, 0.29) is 0 Å². The van der Waals surface area contributed by atoms with Crippen LogP contribution in [0.2, 0.25) is 0 Å². The van der Waals surface area contributed by atoms with E-state index in [1.165, 1.54) is 0 Å². The van der Waals surface area contributed by atoms with E-state index >= 15 is 0 Å². The average Bonchev–Trinajstić information content (AvgIpc) is 2.43. The number of methoxy groups -OCH3 is 1. The average molecular weight is 274 g/mol. The Bertz CT molecular complexity index is 587. The molecule has 0 unspecified atom stereocenters. The molecule has 0 heterocycles. The first-order valence-corrected chi connectivity index (χ1v) is 6.46. The van der Waals surface area contributed by atoms with Crippen LogP contribution < -0.4 is 15.8 Å². The van der Waals surface area contributed by atoms with Crippen LogP contribution in [0.1, 0.15) is 0 Å². The third kappa shape index (κ3) is 3.42. The Kier molecular flexibility index (Phi) is 4.30. The smallest absolute Gasteiger partial charge is 0.211 e. The van der Waals surface area contributed by atoms with Gasteiger partial charge >= 0.3 is 0 Å². The number of benzene rings is 2. The minimum atomic E-state index is 0.544. The fourth-order valence-corrected chi connectivity index (χ4v) is 2.49. The molecule has 2 aromatic carbocycles. The molecule has 0 aliphatic rings. The quantitative estimate of drug-likeness (QED) is 0.650. The Labute approximate surface area is 116 Å². The second-order valence-corrected chi connectivity index (χ2v) is 4.94. The van der Waals surface area contributed by atoms with Crippen molar-refractivity contribution in [3.8, 4) is 5.75 Å². The largest absolute Gasteiger partial charge is 0.497 e. The van der Waals surface area contributed by atoms with Gasteiger partial charge in [-0.1, -0.05) is 17.8 Å². The number of rotatable bonds is 5. The van der Waals surface area contributed by atoms with Crippen molar-refractivity contribution in [2.24, 2.45) is 0 Å². The van der Waals surface area contributed by atoms with Crippen LogP contribution in [-0.2, 0) is 4.79 Å². The zero-order chi connectivity index (χ0) is 13.7. The molecular formula is C14H14N2O2S. The highest BCUT2D eigenvalue weighted by Crippen LogP contribution is 2.33. The van der Waals surface area contributed by atoms with Crippen LogP contribution in [0, 0.1) is 0 Å². The Morgan fingerprint density at radius 2 is 2.00 bits per heavy atom. The summed E-state index contributed by atoms with van der Waals surface area (Å²) in [7, 11) is 1.64. The molecule has 0 radical (unpaired) electrons. The third-order valence-electron chi connectivity index (χ3n) is 2.52. The highest BCUT2D eigenvalue weighted by atomic mass is 32.2. The summed E-state index contributed by atoms with van der Waals surface area (Å²) < 4.78 is 5.18. The third-order valence-corrected chi connectivity index (χ3v) is 3.50. The van der Waals surface area contributed by atoms with Crippen LogP contribution in [-0.4, -0.2) is 13.5 Å². The predicted molar refractivity (Wildman–Crippen MR) is 77.7 cm³/mol. The number of hydrogen-bond donors (Lipinski definition) is 2. The van der Waals surface area contributed by atoms with Gasteiger partial charge in [-0.2, -0.15) is 0 Å². The summed E-state index contributed by atoms with van der Waals surface area (Å²) >= 11 is 1.57. The molecule has 0 spiro atoms. The van der Waals surface area contributed by atoms with E-state index in [0.717, 1.165) is 15.5 Å². The number of nitrogen functional groups attached to an aromatic ring is 1. The minimum Gasteiger partial charge on any atom is -0.497 e. The summed E-state index contributed by atoms with van der Waals surface area (Å²) in [5.41, 5.74) is 6.92. The van der Waals surface area contributed by atoms with E-state index in [4.69, 9.17) is 10.5 Å². The Morgan fingerprint density at radius 1 is 1.21 bits per heavy atom. The molecule has 3 N–H and O–H groups in total. The molecule has 19 heavy (non-hydrogen) atoms. The summed E-state index contributed by atoms with van der Waals surface area (Å²) in [6.45, 7) is 0. The fourth-order valence-electron chi connectivity index (χ4n) is 1.59. The molecule has 1 amide bonds. The van der Waals surface area contributed by atoms with Gasteiger partial charge in [-0.25, -0.2) is 0 Å². The lowest BCUT2D eigenvalue weighted by Gasteiger charge is -2.08. The van der Waals surface area contributed by atoms with Crippen LogP contribution in [0.5, 0.6) is 5.75 Å². The molecule has 0 saturated heterocycles. The monoisotopic (exact) mass is 274 g/mol. The topological polar surface area (TPSA) is 64.3 Å². The molecule has 0 saturated carbocycles. The zero-order valence-corrected chi connectivity index (χ0v) is 11.2. The number of carbonyl (C=O) groups is 1. The van der Waals surface area contributed by atoms with Gasteiger partial charge in [0.2, 0.25) is 6.41 Å². The predicted octanol–water partition coefficient (Wildman–Crippen LogP) is 3.00. The normalized spacial score (nSPS) is 9.95. The first-order chi connectivity index (χ1) is 9.22. The first-order valence-electron chi connectivity index (χ1n) is 5.64. The molecular weight excluding hydrogens is 260 g/mol. The number of ether oxygens (including phenoxy) is 1. The van der Waals surface area contributed by atoms with Crippen LogP contribution in [0.3, 0.4) is 0 Å². The van der Waals surface area contributed by atoms with Gasteiger partial charge < -0.3 is 15.8 Å².